The second-order valence-corrected chi connectivity index (χ2v) is 9.47. The predicted octanol–water partition coefficient (Wildman–Crippen LogP) is 4.95. The lowest BCUT2D eigenvalue weighted by molar-refractivity contribution is 0.0138. The molecule has 172 valence electrons. The Kier molecular flexibility index (Phi) is 6.43. The number of aromatic nitrogens is 3. The van der Waals surface area contributed by atoms with Crippen LogP contribution in [-0.4, -0.2) is 50.7 Å². The lowest BCUT2D eigenvalue weighted by Gasteiger charge is -2.33. The van der Waals surface area contributed by atoms with Crippen LogP contribution in [0.4, 0.5) is 4.79 Å². The predicted molar refractivity (Wildman–Crippen MR) is 124 cm³/mol. The largest absolute Gasteiger partial charge is 0.475 e. The van der Waals surface area contributed by atoms with Crippen LogP contribution in [0, 0.1) is 17.2 Å². The molecule has 3 aromatic rings. The first-order valence-electron chi connectivity index (χ1n) is 10.9. The molecule has 1 fully saturated rings. The zero-order valence-corrected chi connectivity index (χ0v) is 19.7. The average Bonchev–Trinajstić information content (AvgIpc) is 3.29. The third-order valence-electron chi connectivity index (χ3n) is 5.37. The van der Waals surface area contributed by atoms with Gasteiger partial charge in [-0.2, -0.15) is 5.26 Å². The van der Waals surface area contributed by atoms with Gasteiger partial charge in [-0.1, -0.05) is 23.7 Å². The van der Waals surface area contributed by atoms with Gasteiger partial charge in [-0.25, -0.2) is 14.8 Å². The van der Waals surface area contributed by atoms with Gasteiger partial charge in [0.15, 0.2) is 0 Å². The van der Waals surface area contributed by atoms with Crippen LogP contribution in [0.2, 0.25) is 5.15 Å². The highest BCUT2D eigenvalue weighted by Crippen LogP contribution is 2.31. The van der Waals surface area contributed by atoms with Crippen LogP contribution < -0.4 is 4.74 Å². The Morgan fingerprint density at radius 3 is 2.76 bits per heavy atom. The van der Waals surface area contributed by atoms with Gasteiger partial charge in [-0.3, -0.25) is 4.40 Å². The second-order valence-electron chi connectivity index (χ2n) is 9.11. The summed E-state index contributed by atoms with van der Waals surface area (Å²) in [4.78, 5) is 23.2. The summed E-state index contributed by atoms with van der Waals surface area (Å²) < 4.78 is 13.4. The Bertz CT molecular complexity index is 1190. The molecule has 0 bridgehead atoms. The van der Waals surface area contributed by atoms with Crippen molar-refractivity contribution in [2.45, 2.75) is 39.2 Å². The summed E-state index contributed by atoms with van der Waals surface area (Å²) >= 11 is 6.60. The minimum atomic E-state index is -0.526. The summed E-state index contributed by atoms with van der Waals surface area (Å²) in [5.74, 6) is 0.523. The van der Waals surface area contributed by atoms with Crippen molar-refractivity contribution in [2.24, 2.45) is 5.92 Å². The summed E-state index contributed by atoms with van der Waals surface area (Å²) in [6.45, 7) is 7.23. The smallest absolute Gasteiger partial charge is 0.410 e. The highest BCUT2D eigenvalue weighted by Gasteiger charge is 2.28. The molecule has 0 saturated carbocycles. The number of benzene rings is 1. The molecule has 4 rings (SSSR count). The first-order valence-corrected chi connectivity index (χ1v) is 11.3. The minimum Gasteiger partial charge on any atom is -0.475 e. The van der Waals surface area contributed by atoms with Crippen LogP contribution in [0.25, 0.3) is 16.9 Å². The fraction of sp³-hybridized carbons (Fsp3) is 0.417. The van der Waals surface area contributed by atoms with Crippen LogP contribution in [-0.2, 0) is 4.74 Å². The minimum absolute atomic E-state index is 0.150. The molecule has 0 spiro atoms. The van der Waals surface area contributed by atoms with Crippen molar-refractivity contribution >= 4 is 23.3 Å². The standard InChI is InChI=1S/C24H26ClN5O3/c1-24(2,3)33-23(31)29-11-4-5-17(14-29)15-32-22-21-27-10-12-30(21)20(25)19(28-22)18-8-6-16(13-26)7-9-18/h6-10,12,17H,4-5,11,14-15H2,1-3H3/t17-/m1/s1. The molecule has 3 heterocycles. The Hall–Kier alpha value is -3.31. The Morgan fingerprint density at radius 2 is 2.06 bits per heavy atom. The third kappa shape index (κ3) is 5.20. The fourth-order valence-electron chi connectivity index (χ4n) is 3.81. The van der Waals surface area contributed by atoms with Crippen molar-refractivity contribution in [3.05, 3.63) is 47.4 Å². The number of piperidine rings is 1. The van der Waals surface area contributed by atoms with E-state index >= 15 is 0 Å². The van der Waals surface area contributed by atoms with Crippen molar-refractivity contribution in [2.75, 3.05) is 19.7 Å². The van der Waals surface area contributed by atoms with Gasteiger partial charge in [-0.15, -0.1) is 0 Å². The zero-order chi connectivity index (χ0) is 23.6. The first-order chi connectivity index (χ1) is 15.7. The Labute approximate surface area is 197 Å². The molecule has 0 unspecified atom stereocenters. The molecule has 0 radical (unpaired) electrons. The summed E-state index contributed by atoms with van der Waals surface area (Å²) in [6, 6.07) is 9.16. The summed E-state index contributed by atoms with van der Waals surface area (Å²) in [7, 11) is 0. The van der Waals surface area contributed by atoms with E-state index in [2.05, 4.69) is 16.0 Å². The fourth-order valence-corrected chi connectivity index (χ4v) is 4.09. The van der Waals surface area contributed by atoms with Crippen molar-refractivity contribution in [3.8, 4) is 23.2 Å². The number of rotatable bonds is 4. The average molecular weight is 468 g/mol. The highest BCUT2D eigenvalue weighted by molar-refractivity contribution is 6.32. The van der Waals surface area contributed by atoms with Gasteiger partial charge in [0.1, 0.15) is 16.4 Å². The number of ether oxygens (including phenoxy) is 2. The maximum atomic E-state index is 12.5. The lowest BCUT2D eigenvalue weighted by Crippen LogP contribution is -2.44. The number of fused-ring (bicyclic) bond motifs is 1. The summed E-state index contributed by atoms with van der Waals surface area (Å²) in [5.41, 5.74) is 1.87. The van der Waals surface area contributed by atoms with Gasteiger partial charge < -0.3 is 14.4 Å². The van der Waals surface area contributed by atoms with Gasteiger partial charge >= 0.3 is 6.09 Å². The molecule has 9 heteroatoms. The maximum Gasteiger partial charge on any atom is 0.410 e. The van der Waals surface area contributed by atoms with E-state index in [9.17, 15) is 4.79 Å². The van der Waals surface area contributed by atoms with E-state index < -0.39 is 5.60 Å². The summed E-state index contributed by atoms with van der Waals surface area (Å²) in [6.07, 6.45) is 4.93. The van der Waals surface area contributed by atoms with Gasteiger partial charge in [0.05, 0.1) is 18.2 Å². The highest BCUT2D eigenvalue weighted by atomic mass is 35.5. The number of hydrogen-bond acceptors (Lipinski definition) is 6. The molecule has 2 aromatic heterocycles. The molecule has 1 saturated heterocycles. The van der Waals surface area contributed by atoms with E-state index in [4.69, 9.17) is 26.3 Å². The molecule has 33 heavy (non-hydrogen) atoms. The third-order valence-corrected chi connectivity index (χ3v) is 5.73. The van der Waals surface area contributed by atoms with E-state index in [1.807, 2.05) is 20.8 Å². The number of amides is 1. The number of nitrogens with zero attached hydrogens (tertiary/aromatic N) is 5. The first kappa shape index (κ1) is 22.9. The van der Waals surface area contributed by atoms with Gasteiger partial charge in [0, 0.05) is 37.0 Å². The van der Waals surface area contributed by atoms with Crippen LogP contribution in [0.5, 0.6) is 5.88 Å². The molecular weight excluding hydrogens is 442 g/mol. The van der Waals surface area contributed by atoms with E-state index in [0.29, 0.717) is 47.6 Å². The molecule has 1 aromatic carbocycles. The zero-order valence-electron chi connectivity index (χ0n) is 18.9. The van der Waals surface area contributed by atoms with Crippen LogP contribution in [0.1, 0.15) is 39.2 Å². The number of carbonyl (C=O) groups is 1. The van der Waals surface area contributed by atoms with Gasteiger partial charge in [0.25, 0.3) is 5.88 Å². The lowest BCUT2D eigenvalue weighted by atomic mass is 9.99. The maximum absolute atomic E-state index is 12.5. The van der Waals surface area contributed by atoms with Crippen molar-refractivity contribution in [3.63, 3.8) is 0 Å². The molecular formula is C24H26ClN5O3. The topological polar surface area (TPSA) is 92.7 Å². The van der Waals surface area contributed by atoms with Crippen LogP contribution in [0.15, 0.2) is 36.7 Å². The normalized spacial score (nSPS) is 16.5. The van der Waals surface area contributed by atoms with Gasteiger partial charge in [-0.05, 0) is 45.7 Å². The van der Waals surface area contributed by atoms with E-state index in [1.165, 1.54) is 0 Å². The number of hydrogen-bond donors (Lipinski definition) is 0. The molecule has 1 atom stereocenters. The van der Waals surface area contributed by atoms with Crippen molar-refractivity contribution in [1.82, 2.24) is 19.3 Å². The van der Waals surface area contributed by atoms with E-state index in [0.717, 1.165) is 18.4 Å². The summed E-state index contributed by atoms with van der Waals surface area (Å²) in [5, 5.41) is 9.47. The molecule has 1 aliphatic heterocycles. The quantitative estimate of drug-likeness (QED) is 0.539. The van der Waals surface area contributed by atoms with Crippen molar-refractivity contribution < 1.29 is 14.3 Å². The molecule has 0 N–H and O–H groups in total. The number of halogens is 1. The Balaban J connectivity index is 1.53. The van der Waals surface area contributed by atoms with E-state index in [1.54, 1.807) is 46.0 Å². The SMILES string of the molecule is CC(C)(C)OC(=O)N1CCC[C@@H](COc2nc(-c3ccc(C#N)cc3)c(Cl)n3ccnc23)C1. The second kappa shape index (κ2) is 9.28. The molecule has 1 amide bonds. The van der Waals surface area contributed by atoms with Crippen LogP contribution >= 0.6 is 11.6 Å². The number of nitriles is 1. The molecule has 0 aliphatic carbocycles. The molecule has 8 nitrogen and oxygen atoms in total. The molecule has 1 aliphatic rings. The number of likely N-dealkylation sites (tertiary alicyclic amines) is 1. The van der Waals surface area contributed by atoms with Gasteiger partial charge in [0.2, 0.25) is 5.65 Å². The monoisotopic (exact) mass is 467 g/mol. The Morgan fingerprint density at radius 1 is 1.30 bits per heavy atom. The number of carbonyl (C=O) groups excluding carboxylic acids is 1. The van der Waals surface area contributed by atoms with Crippen LogP contribution in [0.3, 0.4) is 0 Å². The van der Waals surface area contributed by atoms with E-state index in [-0.39, 0.29) is 12.0 Å². The number of imidazole rings is 1. The van der Waals surface area contributed by atoms with Crippen molar-refractivity contribution in [1.29, 1.82) is 5.26 Å².